The smallest absolute Gasteiger partial charge is 0.351 e. The lowest BCUT2D eigenvalue weighted by Crippen LogP contribution is -2.32. The van der Waals surface area contributed by atoms with Crippen LogP contribution < -0.4 is 16.7 Å². The molecular formula is C8H12N3O3PS. The Kier molecular flexibility index (Phi) is 3.49. The third-order valence-electron chi connectivity index (χ3n) is 2.20. The Labute approximate surface area is 98.4 Å². The lowest BCUT2D eigenvalue weighted by Gasteiger charge is -2.14. The standard InChI is InChI=1S/C8H12N3O3PS/c9-7-4(15)1-11(8(13)10-7)5-3-16-6(2-12)14-5/h1,5-6,12H,2-3,15H2,(H2,9,10,13)/t5-,6+/m1/s1. The van der Waals surface area contributed by atoms with Gasteiger partial charge in [0.15, 0.2) is 0 Å². The second-order valence-corrected chi connectivity index (χ2v) is 5.12. The SMILES string of the molecule is Nc1nc(=O)n([C@H]2CS[C@@H](CO)O2)cc1P. The molecule has 16 heavy (non-hydrogen) atoms. The van der Waals surface area contributed by atoms with Crippen molar-refractivity contribution in [2.45, 2.75) is 11.7 Å². The number of hydrogen-bond donors (Lipinski definition) is 2. The first-order chi connectivity index (χ1) is 7.61. The Morgan fingerprint density at radius 1 is 1.81 bits per heavy atom. The summed E-state index contributed by atoms with van der Waals surface area (Å²) >= 11 is 1.47. The van der Waals surface area contributed by atoms with E-state index in [2.05, 4.69) is 14.2 Å². The van der Waals surface area contributed by atoms with Crippen LogP contribution in [0.1, 0.15) is 6.23 Å². The predicted molar refractivity (Wildman–Crippen MR) is 65.7 cm³/mol. The van der Waals surface area contributed by atoms with Crippen molar-refractivity contribution in [2.24, 2.45) is 0 Å². The first-order valence-electron chi connectivity index (χ1n) is 4.64. The Hall–Kier alpha value is -0.620. The third kappa shape index (κ3) is 2.22. The number of nitrogen functional groups attached to an aromatic ring is 1. The number of aromatic nitrogens is 2. The van der Waals surface area contributed by atoms with Crippen molar-refractivity contribution in [3.63, 3.8) is 0 Å². The second kappa shape index (κ2) is 4.71. The molecule has 1 fully saturated rings. The zero-order chi connectivity index (χ0) is 11.7. The second-order valence-electron chi connectivity index (χ2n) is 3.31. The monoisotopic (exact) mass is 261 g/mol. The van der Waals surface area contributed by atoms with E-state index in [4.69, 9.17) is 15.6 Å². The summed E-state index contributed by atoms with van der Waals surface area (Å²) in [5, 5.41) is 9.58. The molecule has 3 atom stereocenters. The molecule has 0 radical (unpaired) electrons. The van der Waals surface area contributed by atoms with Crippen LogP contribution in [0.25, 0.3) is 0 Å². The van der Waals surface area contributed by atoms with Gasteiger partial charge in [0.25, 0.3) is 0 Å². The van der Waals surface area contributed by atoms with Gasteiger partial charge in [-0.25, -0.2) is 4.79 Å². The van der Waals surface area contributed by atoms with Gasteiger partial charge in [0, 0.05) is 17.3 Å². The minimum absolute atomic E-state index is 0.0634. The maximum absolute atomic E-state index is 11.6. The van der Waals surface area contributed by atoms with Crippen molar-refractivity contribution in [1.29, 1.82) is 0 Å². The van der Waals surface area contributed by atoms with Gasteiger partial charge in [-0.15, -0.1) is 11.8 Å². The molecule has 0 saturated carbocycles. The van der Waals surface area contributed by atoms with Gasteiger partial charge in [-0.2, -0.15) is 4.98 Å². The maximum atomic E-state index is 11.6. The highest BCUT2D eigenvalue weighted by molar-refractivity contribution is 8.00. The third-order valence-corrected chi connectivity index (χ3v) is 3.76. The average molecular weight is 261 g/mol. The highest BCUT2D eigenvalue weighted by atomic mass is 32.2. The van der Waals surface area contributed by atoms with Crippen LogP contribution in [0.4, 0.5) is 5.82 Å². The van der Waals surface area contributed by atoms with Crippen molar-refractivity contribution in [3.05, 3.63) is 16.7 Å². The van der Waals surface area contributed by atoms with Gasteiger partial charge in [0.1, 0.15) is 17.5 Å². The van der Waals surface area contributed by atoms with E-state index in [0.717, 1.165) is 0 Å². The largest absolute Gasteiger partial charge is 0.393 e. The van der Waals surface area contributed by atoms with Gasteiger partial charge in [0.05, 0.1) is 6.61 Å². The summed E-state index contributed by atoms with van der Waals surface area (Å²) in [6.45, 7) is -0.0634. The Bertz CT molecular complexity index is 453. The van der Waals surface area contributed by atoms with Crippen molar-refractivity contribution >= 4 is 32.1 Å². The fourth-order valence-electron chi connectivity index (χ4n) is 1.39. The molecule has 1 aromatic heterocycles. The Balaban J connectivity index is 2.28. The minimum atomic E-state index is -0.437. The number of aliphatic hydroxyl groups excluding tert-OH is 1. The van der Waals surface area contributed by atoms with E-state index in [-0.39, 0.29) is 24.1 Å². The molecule has 88 valence electrons. The molecule has 1 unspecified atom stereocenters. The predicted octanol–water partition coefficient (Wildman–Crippen LogP) is -1.09. The van der Waals surface area contributed by atoms with Crippen LogP contribution in [0.3, 0.4) is 0 Å². The molecule has 1 aromatic rings. The number of thioether (sulfide) groups is 1. The van der Waals surface area contributed by atoms with Gasteiger partial charge in [-0.05, 0) is 0 Å². The zero-order valence-corrected chi connectivity index (χ0v) is 10.3. The molecule has 6 nitrogen and oxygen atoms in total. The normalized spacial score (nSPS) is 24.9. The molecule has 0 bridgehead atoms. The highest BCUT2D eigenvalue weighted by Gasteiger charge is 2.27. The molecule has 0 amide bonds. The quantitative estimate of drug-likeness (QED) is 0.657. The fraction of sp³-hybridized carbons (Fsp3) is 0.500. The molecule has 2 rings (SSSR count). The summed E-state index contributed by atoms with van der Waals surface area (Å²) in [5.41, 5.74) is 4.80. The van der Waals surface area contributed by atoms with Crippen LogP contribution in [0.5, 0.6) is 0 Å². The molecular weight excluding hydrogens is 249 g/mol. The van der Waals surface area contributed by atoms with Crippen molar-refractivity contribution in [3.8, 4) is 0 Å². The van der Waals surface area contributed by atoms with Crippen LogP contribution in [0.15, 0.2) is 11.0 Å². The summed E-state index contributed by atoms with van der Waals surface area (Å²) in [6, 6.07) is 0. The molecule has 8 heteroatoms. The first kappa shape index (κ1) is 11.9. The molecule has 1 saturated heterocycles. The maximum Gasteiger partial charge on any atom is 0.351 e. The van der Waals surface area contributed by atoms with Crippen molar-refractivity contribution in [1.82, 2.24) is 9.55 Å². The Morgan fingerprint density at radius 3 is 3.19 bits per heavy atom. The number of nitrogens with zero attached hydrogens (tertiary/aromatic N) is 2. The summed E-state index contributed by atoms with van der Waals surface area (Å²) in [7, 11) is 2.41. The lowest BCUT2D eigenvalue weighted by atomic mass is 10.5. The van der Waals surface area contributed by atoms with Gasteiger partial charge >= 0.3 is 5.69 Å². The van der Waals surface area contributed by atoms with Crippen molar-refractivity contribution in [2.75, 3.05) is 18.1 Å². The van der Waals surface area contributed by atoms with E-state index in [0.29, 0.717) is 11.1 Å². The van der Waals surface area contributed by atoms with Gasteiger partial charge in [-0.3, -0.25) is 4.57 Å². The zero-order valence-electron chi connectivity index (χ0n) is 8.37. The van der Waals surface area contributed by atoms with Gasteiger partial charge in [-0.1, -0.05) is 9.24 Å². The molecule has 1 aliphatic heterocycles. The summed E-state index contributed by atoms with van der Waals surface area (Å²) in [4.78, 5) is 15.3. The molecule has 2 heterocycles. The number of aliphatic hydroxyl groups is 1. The van der Waals surface area contributed by atoms with Crippen LogP contribution in [0, 0.1) is 0 Å². The molecule has 0 aromatic carbocycles. The highest BCUT2D eigenvalue weighted by Crippen LogP contribution is 2.30. The summed E-state index contributed by atoms with van der Waals surface area (Å²) in [5.74, 6) is 0.816. The number of nitrogens with two attached hydrogens (primary N) is 1. The molecule has 0 spiro atoms. The number of anilines is 1. The molecule has 0 aliphatic carbocycles. The van der Waals surface area contributed by atoms with E-state index in [1.165, 1.54) is 16.3 Å². The van der Waals surface area contributed by atoms with Crippen LogP contribution in [0.2, 0.25) is 0 Å². The average Bonchev–Trinajstić information content (AvgIpc) is 2.71. The van der Waals surface area contributed by atoms with E-state index in [1.807, 2.05) is 0 Å². The van der Waals surface area contributed by atoms with Crippen LogP contribution in [-0.2, 0) is 4.74 Å². The minimum Gasteiger partial charge on any atom is -0.393 e. The number of hydrogen-bond acceptors (Lipinski definition) is 6. The summed E-state index contributed by atoms with van der Waals surface area (Å²) < 4.78 is 6.85. The molecule has 3 N–H and O–H groups in total. The first-order valence-corrected chi connectivity index (χ1v) is 6.26. The van der Waals surface area contributed by atoms with Crippen LogP contribution in [-0.4, -0.2) is 32.5 Å². The summed E-state index contributed by atoms with van der Waals surface area (Å²) in [6.07, 6.45) is 1.21. The molecule has 1 aliphatic rings. The number of ether oxygens (including phenoxy) is 1. The lowest BCUT2D eigenvalue weighted by molar-refractivity contribution is -0.00614. The van der Waals surface area contributed by atoms with E-state index in [9.17, 15) is 4.79 Å². The van der Waals surface area contributed by atoms with Gasteiger partial charge < -0.3 is 15.6 Å². The van der Waals surface area contributed by atoms with E-state index >= 15 is 0 Å². The van der Waals surface area contributed by atoms with Crippen molar-refractivity contribution < 1.29 is 9.84 Å². The fourth-order valence-corrected chi connectivity index (χ4v) is 2.54. The van der Waals surface area contributed by atoms with E-state index < -0.39 is 5.69 Å². The van der Waals surface area contributed by atoms with Crippen LogP contribution >= 0.6 is 21.0 Å². The topological polar surface area (TPSA) is 90.4 Å². The number of rotatable bonds is 2. The Morgan fingerprint density at radius 2 is 2.56 bits per heavy atom. The van der Waals surface area contributed by atoms with E-state index in [1.54, 1.807) is 6.20 Å². The van der Waals surface area contributed by atoms with Gasteiger partial charge in [0.2, 0.25) is 0 Å².